The highest BCUT2D eigenvalue weighted by atomic mass is 79.9. The van der Waals surface area contributed by atoms with Crippen LogP contribution in [0.2, 0.25) is 0 Å². The summed E-state index contributed by atoms with van der Waals surface area (Å²) in [6.07, 6.45) is 1.45. The molecule has 0 atom stereocenters. The molecule has 1 amide bonds. The van der Waals surface area contributed by atoms with Gasteiger partial charge in [0.25, 0.3) is 5.91 Å². The van der Waals surface area contributed by atoms with Crippen LogP contribution in [-0.4, -0.2) is 11.9 Å². The van der Waals surface area contributed by atoms with E-state index < -0.39 is 11.9 Å². The van der Waals surface area contributed by atoms with Crippen molar-refractivity contribution in [3.05, 3.63) is 112 Å². The van der Waals surface area contributed by atoms with Crippen LogP contribution < -0.4 is 10.1 Å². The lowest BCUT2D eigenvalue weighted by Gasteiger charge is -2.08. The minimum atomic E-state index is -0.530. The SMILES string of the molecule is N#C/C(=C\c1cccc(OC(=O)c2cccc3ccccc23)c1)C(=O)Nc1ccc(Br)cc1. The first kappa shape index (κ1) is 22.0. The van der Waals surface area contributed by atoms with Gasteiger partial charge in [0, 0.05) is 10.2 Å². The van der Waals surface area contributed by atoms with Crippen molar-refractivity contribution >= 4 is 50.3 Å². The molecule has 0 aliphatic heterocycles. The van der Waals surface area contributed by atoms with Crippen molar-refractivity contribution in [3.8, 4) is 11.8 Å². The summed E-state index contributed by atoms with van der Waals surface area (Å²) in [5.41, 5.74) is 1.51. The molecule has 0 radical (unpaired) electrons. The van der Waals surface area contributed by atoms with E-state index >= 15 is 0 Å². The molecule has 0 fully saturated rings. The standard InChI is InChI=1S/C27H17BrN2O3/c28-21-11-13-22(14-12-21)30-26(31)20(17-29)15-18-5-3-8-23(16-18)33-27(32)25-10-4-7-19-6-1-2-9-24(19)25/h1-16H,(H,30,31)/b20-15+. The lowest BCUT2D eigenvalue weighted by atomic mass is 10.0. The van der Waals surface area contributed by atoms with Gasteiger partial charge in [0.15, 0.2) is 0 Å². The van der Waals surface area contributed by atoms with Crippen LogP contribution in [0.1, 0.15) is 15.9 Å². The molecule has 4 rings (SSSR count). The van der Waals surface area contributed by atoms with Gasteiger partial charge in [-0.05, 0) is 64.9 Å². The van der Waals surface area contributed by atoms with Gasteiger partial charge in [0.1, 0.15) is 17.4 Å². The maximum atomic E-state index is 12.8. The van der Waals surface area contributed by atoms with Crippen LogP contribution in [0.3, 0.4) is 0 Å². The number of fused-ring (bicyclic) bond motifs is 1. The Hall–Kier alpha value is -4.21. The minimum Gasteiger partial charge on any atom is -0.423 e. The molecule has 33 heavy (non-hydrogen) atoms. The zero-order valence-corrected chi connectivity index (χ0v) is 18.9. The van der Waals surface area contributed by atoms with E-state index in [1.807, 2.05) is 36.4 Å². The topological polar surface area (TPSA) is 79.2 Å². The van der Waals surface area contributed by atoms with Crippen molar-refractivity contribution in [1.82, 2.24) is 0 Å². The number of hydrogen-bond acceptors (Lipinski definition) is 4. The van der Waals surface area contributed by atoms with E-state index in [1.165, 1.54) is 6.08 Å². The van der Waals surface area contributed by atoms with Crippen molar-refractivity contribution in [1.29, 1.82) is 5.26 Å². The number of esters is 1. The number of ether oxygens (including phenoxy) is 1. The predicted octanol–water partition coefficient (Wildman–Crippen LogP) is 6.37. The highest BCUT2D eigenvalue weighted by Gasteiger charge is 2.13. The van der Waals surface area contributed by atoms with Gasteiger partial charge in [-0.3, -0.25) is 4.79 Å². The Morgan fingerprint density at radius 3 is 2.42 bits per heavy atom. The summed E-state index contributed by atoms with van der Waals surface area (Å²) in [4.78, 5) is 25.3. The van der Waals surface area contributed by atoms with E-state index in [1.54, 1.807) is 60.7 Å². The van der Waals surface area contributed by atoms with Gasteiger partial charge in [-0.1, -0.05) is 64.5 Å². The number of amides is 1. The smallest absolute Gasteiger partial charge is 0.344 e. The maximum absolute atomic E-state index is 12.8. The second-order valence-electron chi connectivity index (χ2n) is 7.12. The average molecular weight is 497 g/mol. The molecule has 160 valence electrons. The molecule has 0 aliphatic rings. The lowest BCUT2D eigenvalue weighted by molar-refractivity contribution is -0.112. The van der Waals surface area contributed by atoms with Crippen LogP contribution in [0, 0.1) is 11.3 Å². The number of nitrogens with one attached hydrogen (secondary N) is 1. The van der Waals surface area contributed by atoms with Gasteiger partial charge in [0.05, 0.1) is 5.56 Å². The molecule has 0 aliphatic carbocycles. The van der Waals surface area contributed by atoms with Crippen LogP contribution in [0.5, 0.6) is 5.75 Å². The van der Waals surface area contributed by atoms with Crippen LogP contribution in [-0.2, 0) is 4.79 Å². The van der Waals surface area contributed by atoms with E-state index in [2.05, 4.69) is 21.2 Å². The van der Waals surface area contributed by atoms with E-state index in [9.17, 15) is 14.9 Å². The fourth-order valence-corrected chi connectivity index (χ4v) is 3.54. The molecule has 0 saturated carbocycles. The molecular weight excluding hydrogens is 480 g/mol. The summed E-state index contributed by atoms with van der Waals surface area (Å²) >= 11 is 3.34. The number of nitriles is 1. The molecule has 0 saturated heterocycles. The van der Waals surface area contributed by atoms with Crippen LogP contribution in [0.25, 0.3) is 16.8 Å². The molecule has 4 aromatic carbocycles. The van der Waals surface area contributed by atoms with Crippen LogP contribution >= 0.6 is 15.9 Å². The Balaban J connectivity index is 1.53. The third kappa shape index (κ3) is 5.35. The molecule has 0 spiro atoms. The van der Waals surface area contributed by atoms with Gasteiger partial charge >= 0.3 is 5.97 Å². The molecule has 1 N–H and O–H groups in total. The van der Waals surface area contributed by atoms with Crippen molar-refractivity contribution in [2.75, 3.05) is 5.32 Å². The summed E-state index contributed by atoms with van der Waals surface area (Å²) in [5, 5.41) is 13.9. The van der Waals surface area contributed by atoms with Crippen LogP contribution in [0.15, 0.2) is 101 Å². The molecule has 4 aromatic rings. The number of anilines is 1. The first-order valence-electron chi connectivity index (χ1n) is 10.0. The highest BCUT2D eigenvalue weighted by molar-refractivity contribution is 9.10. The third-order valence-electron chi connectivity index (χ3n) is 4.86. The summed E-state index contributed by atoms with van der Waals surface area (Å²) in [6, 6.07) is 28.7. The molecule has 0 unspecified atom stereocenters. The molecule has 0 aromatic heterocycles. The fourth-order valence-electron chi connectivity index (χ4n) is 3.28. The Morgan fingerprint density at radius 2 is 1.64 bits per heavy atom. The van der Waals surface area contributed by atoms with Gasteiger partial charge in [-0.15, -0.1) is 0 Å². The number of carbonyl (C=O) groups is 2. The molecule has 5 nitrogen and oxygen atoms in total. The third-order valence-corrected chi connectivity index (χ3v) is 5.39. The lowest BCUT2D eigenvalue weighted by Crippen LogP contribution is -2.13. The Bertz CT molecular complexity index is 1410. The maximum Gasteiger partial charge on any atom is 0.344 e. The van der Waals surface area contributed by atoms with Crippen molar-refractivity contribution < 1.29 is 14.3 Å². The normalized spacial score (nSPS) is 11.0. The summed E-state index contributed by atoms with van der Waals surface area (Å²) in [7, 11) is 0. The Labute approximate surface area is 199 Å². The number of carbonyl (C=O) groups excluding carboxylic acids is 2. The minimum absolute atomic E-state index is 0.0737. The Kier molecular flexibility index (Phi) is 6.63. The molecular formula is C27H17BrN2O3. The van der Waals surface area contributed by atoms with E-state index in [0.717, 1.165) is 15.2 Å². The summed E-state index contributed by atoms with van der Waals surface area (Å²) in [5.74, 6) is -0.702. The first-order valence-corrected chi connectivity index (χ1v) is 10.8. The second kappa shape index (κ2) is 9.94. The van der Waals surface area contributed by atoms with Gasteiger partial charge in [-0.25, -0.2) is 4.79 Å². The molecule has 0 heterocycles. The average Bonchev–Trinajstić information content (AvgIpc) is 2.83. The fraction of sp³-hybridized carbons (Fsp3) is 0. The van der Waals surface area contributed by atoms with Crippen molar-refractivity contribution in [3.63, 3.8) is 0 Å². The number of nitrogens with zero attached hydrogens (tertiary/aromatic N) is 1. The monoisotopic (exact) mass is 496 g/mol. The van der Waals surface area contributed by atoms with E-state index in [4.69, 9.17) is 4.74 Å². The summed E-state index contributed by atoms with van der Waals surface area (Å²) < 4.78 is 6.46. The summed E-state index contributed by atoms with van der Waals surface area (Å²) in [6.45, 7) is 0. The number of benzene rings is 4. The number of halogens is 1. The molecule has 0 bridgehead atoms. The second-order valence-corrected chi connectivity index (χ2v) is 8.04. The number of rotatable bonds is 5. The predicted molar refractivity (Wildman–Crippen MR) is 132 cm³/mol. The van der Waals surface area contributed by atoms with E-state index in [-0.39, 0.29) is 5.57 Å². The first-order chi connectivity index (χ1) is 16.0. The quantitative estimate of drug-likeness (QED) is 0.151. The van der Waals surface area contributed by atoms with Gasteiger partial charge in [-0.2, -0.15) is 5.26 Å². The Morgan fingerprint density at radius 1 is 0.909 bits per heavy atom. The zero-order valence-electron chi connectivity index (χ0n) is 17.3. The highest BCUT2D eigenvalue weighted by Crippen LogP contribution is 2.22. The largest absolute Gasteiger partial charge is 0.423 e. The van der Waals surface area contributed by atoms with Gasteiger partial charge in [0.2, 0.25) is 0 Å². The van der Waals surface area contributed by atoms with Crippen molar-refractivity contribution in [2.45, 2.75) is 0 Å². The molecule has 6 heteroatoms. The van der Waals surface area contributed by atoms with Crippen LogP contribution in [0.4, 0.5) is 5.69 Å². The van der Waals surface area contributed by atoms with Crippen molar-refractivity contribution in [2.24, 2.45) is 0 Å². The van der Waals surface area contributed by atoms with Gasteiger partial charge < -0.3 is 10.1 Å². The number of hydrogen-bond donors (Lipinski definition) is 1. The van der Waals surface area contributed by atoms with E-state index in [0.29, 0.717) is 22.6 Å². The zero-order chi connectivity index (χ0) is 23.2.